The summed E-state index contributed by atoms with van der Waals surface area (Å²) < 4.78 is 54.9. The molecule has 2 aromatic carbocycles. The number of benzene rings is 2. The van der Waals surface area contributed by atoms with Crippen molar-refractivity contribution in [3.05, 3.63) is 66.1 Å². The summed E-state index contributed by atoms with van der Waals surface area (Å²) in [4.78, 5) is 0. The molecular weight excluding hydrogens is 310 g/mol. The average molecular weight is 321 g/mol. The fourth-order valence-corrected chi connectivity index (χ4v) is 2.33. The number of hydrogen-bond donors (Lipinski definition) is 1. The lowest BCUT2D eigenvalue weighted by Crippen LogP contribution is -2.08. The lowest BCUT2D eigenvalue weighted by Gasteiger charge is -2.07. The van der Waals surface area contributed by atoms with Gasteiger partial charge in [0.1, 0.15) is 11.6 Å². The van der Waals surface area contributed by atoms with Gasteiger partial charge in [0, 0.05) is 5.56 Å². The molecule has 118 valence electrons. The minimum absolute atomic E-state index is 0.237. The van der Waals surface area contributed by atoms with Gasteiger partial charge in [-0.1, -0.05) is 36.4 Å². The van der Waals surface area contributed by atoms with E-state index in [1.54, 1.807) is 30.3 Å². The van der Waals surface area contributed by atoms with E-state index >= 15 is 0 Å². The summed E-state index contributed by atoms with van der Waals surface area (Å²) in [6, 6.07) is 13.3. The van der Waals surface area contributed by atoms with E-state index in [2.05, 4.69) is 5.10 Å². The molecule has 3 aromatic rings. The standard InChI is InChI=1S/C16H11F4N3/c17-12-9-5-4-8-11(12)13-14(16(18,19)20)22-23(15(13)21)10-6-2-1-3-7-10/h1-9H,21H2. The third-order valence-electron chi connectivity index (χ3n) is 3.33. The maximum atomic E-state index is 14.0. The van der Waals surface area contributed by atoms with Gasteiger partial charge in [-0.15, -0.1) is 0 Å². The van der Waals surface area contributed by atoms with Crippen LogP contribution in [-0.4, -0.2) is 9.78 Å². The normalized spacial score (nSPS) is 11.7. The molecule has 0 unspecified atom stereocenters. The van der Waals surface area contributed by atoms with Crippen LogP contribution in [0.2, 0.25) is 0 Å². The van der Waals surface area contributed by atoms with Crippen LogP contribution in [0.5, 0.6) is 0 Å². The predicted molar refractivity (Wildman–Crippen MR) is 78.4 cm³/mol. The largest absolute Gasteiger partial charge is 0.435 e. The van der Waals surface area contributed by atoms with E-state index in [1.807, 2.05) is 0 Å². The van der Waals surface area contributed by atoms with Gasteiger partial charge in [0.2, 0.25) is 0 Å². The maximum Gasteiger partial charge on any atom is 0.435 e. The zero-order chi connectivity index (χ0) is 16.6. The minimum atomic E-state index is -4.76. The molecule has 2 N–H and O–H groups in total. The molecule has 23 heavy (non-hydrogen) atoms. The Hall–Kier alpha value is -2.83. The summed E-state index contributed by atoms with van der Waals surface area (Å²) in [6.45, 7) is 0. The molecule has 1 heterocycles. The summed E-state index contributed by atoms with van der Waals surface area (Å²) >= 11 is 0. The van der Waals surface area contributed by atoms with Crippen LogP contribution in [0.15, 0.2) is 54.6 Å². The van der Waals surface area contributed by atoms with E-state index in [0.717, 1.165) is 10.7 Å². The molecule has 0 amide bonds. The number of aromatic nitrogens is 2. The van der Waals surface area contributed by atoms with E-state index in [1.165, 1.54) is 18.2 Å². The van der Waals surface area contributed by atoms with Crippen LogP contribution in [0.4, 0.5) is 23.4 Å². The van der Waals surface area contributed by atoms with Crippen molar-refractivity contribution in [2.45, 2.75) is 6.18 Å². The van der Waals surface area contributed by atoms with Crippen molar-refractivity contribution in [2.75, 3.05) is 5.73 Å². The topological polar surface area (TPSA) is 43.8 Å². The first kappa shape index (κ1) is 15.1. The molecule has 7 heteroatoms. The fourth-order valence-electron chi connectivity index (χ4n) is 2.33. The fraction of sp³-hybridized carbons (Fsp3) is 0.0625. The summed E-state index contributed by atoms with van der Waals surface area (Å²) in [7, 11) is 0. The molecule has 0 aliphatic heterocycles. The number of rotatable bonds is 2. The Morgan fingerprint density at radius 1 is 0.913 bits per heavy atom. The number of para-hydroxylation sites is 1. The highest BCUT2D eigenvalue weighted by atomic mass is 19.4. The van der Waals surface area contributed by atoms with Gasteiger partial charge in [0.25, 0.3) is 0 Å². The van der Waals surface area contributed by atoms with E-state index in [4.69, 9.17) is 5.73 Å². The van der Waals surface area contributed by atoms with Crippen molar-refractivity contribution in [3.63, 3.8) is 0 Å². The van der Waals surface area contributed by atoms with Crippen LogP contribution >= 0.6 is 0 Å². The number of halogens is 4. The molecule has 3 rings (SSSR count). The van der Waals surface area contributed by atoms with Gasteiger partial charge in [-0.05, 0) is 18.2 Å². The van der Waals surface area contributed by atoms with Gasteiger partial charge in [0.05, 0.1) is 11.3 Å². The molecule has 0 bridgehead atoms. The van der Waals surface area contributed by atoms with Crippen LogP contribution in [0.25, 0.3) is 16.8 Å². The van der Waals surface area contributed by atoms with Crippen LogP contribution in [0, 0.1) is 5.82 Å². The van der Waals surface area contributed by atoms with Gasteiger partial charge in [-0.2, -0.15) is 18.3 Å². The molecule has 0 atom stereocenters. The highest BCUT2D eigenvalue weighted by Gasteiger charge is 2.40. The second kappa shape index (κ2) is 5.42. The number of nitrogen functional groups attached to an aromatic ring is 1. The number of nitrogens with two attached hydrogens (primary N) is 1. The number of alkyl halides is 3. The summed E-state index contributed by atoms with van der Waals surface area (Å²) in [6.07, 6.45) is -4.76. The third-order valence-corrected chi connectivity index (χ3v) is 3.33. The van der Waals surface area contributed by atoms with Gasteiger partial charge in [0.15, 0.2) is 5.69 Å². The molecule has 3 nitrogen and oxygen atoms in total. The van der Waals surface area contributed by atoms with E-state index < -0.39 is 23.3 Å². The highest BCUT2D eigenvalue weighted by molar-refractivity contribution is 5.78. The van der Waals surface area contributed by atoms with Gasteiger partial charge in [-0.3, -0.25) is 0 Å². The van der Waals surface area contributed by atoms with Crippen molar-refractivity contribution >= 4 is 5.82 Å². The van der Waals surface area contributed by atoms with Crippen LogP contribution in [0.3, 0.4) is 0 Å². The van der Waals surface area contributed by atoms with Crippen molar-refractivity contribution in [1.82, 2.24) is 9.78 Å². The van der Waals surface area contributed by atoms with Crippen molar-refractivity contribution in [3.8, 4) is 16.8 Å². The minimum Gasteiger partial charge on any atom is -0.383 e. The predicted octanol–water partition coefficient (Wildman–Crippen LogP) is 4.28. The summed E-state index contributed by atoms with van der Waals surface area (Å²) in [5.74, 6) is -1.06. The zero-order valence-corrected chi connectivity index (χ0v) is 11.7. The lowest BCUT2D eigenvalue weighted by atomic mass is 10.0. The Morgan fingerprint density at radius 3 is 2.13 bits per heavy atom. The Labute approximate surface area is 129 Å². The third kappa shape index (κ3) is 2.65. The second-order valence-electron chi connectivity index (χ2n) is 4.83. The van der Waals surface area contributed by atoms with Crippen molar-refractivity contribution < 1.29 is 17.6 Å². The Bertz CT molecular complexity index is 838. The molecule has 0 aliphatic rings. The quantitative estimate of drug-likeness (QED) is 0.716. The average Bonchev–Trinajstić information content (AvgIpc) is 2.86. The Morgan fingerprint density at radius 2 is 1.52 bits per heavy atom. The molecular formula is C16H11F4N3. The van der Waals surface area contributed by atoms with Crippen molar-refractivity contribution in [1.29, 1.82) is 0 Å². The molecule has 0 saturated heterocycles. The molecule has 0 spiro atoms. The van der Waals surface area contributed by atoms with Gasteiger partial charge < -0.3 is 5.73 Å². The first-order valence-corrected chi connectivity index (χ1v) is 6.65. The molecule has 0 fully saturated rings. The molecule has 0 aliphatic carbocycles. The molecule has 0 radical (unpaired) electrons. The number of anilines is 1. The number of hydrogen-bond acceptors (Lipinski definition) is 2. The van der Waals surface area contributed by atoms with Gasteiger partial charge >= 0.3 is 6.18 Å². The molecule has 0 saturated carbocycles. The molecule has 1 aromatic heterocycles. The van der Waals surface area contributed by atoms with Crippen LogP contribution < -0.4 is 5.73 Å². The summed E-state index contributed by atoms with van der Waals surface area (Å²) in [5.41, 5.74) is 4.31. The first-order chi connectivity index (χ1) is 10.9. The van der Waals surface area contributed by atoms with E-state index in [0.29, 0.717) is 5.69 Å². The monoisotopic (exact) mass is 321 g/mol. The zero-order valence-electron chi connectivity index (χ0n) is 11.7. The van der Waals surface area contributed by atoms with Gasteiger partial charge in [-0.25, -0.2) is 9.07 Å². The number of nitrogens with zero attached hydrogens (tertiary/aromatic N) is 2. The van der Waals surface area contributed by atoms with E-state index in [9.17, 15) is 17.6 Å². The summed E-state index contributed by atoms with van der Waals surface area (Å²) in [5, 5.41) is 3.57. The lowest BCUT2D eigenvalue weighted by molar-refractivity contribution is -0.140. The smallest absolute Gasteiger partial charge is 0.383 e. The SMILES string of the molecule is Nc1c(-c2ccccc2F)c(C(F)(F)F)nn1-c1ccccc1. The Balaban J connectivity index is 2.31. The van der Waals surface area contributed by atoms with Crippen LogP contribution in [-0.2, 0) is 6.18 Å². The van der Waals surface area contributed by atoms with E-state index in [-0.39, 0.29) is 11.4 Å². The Kier molecular flexibility index (Phi) is 3.55. The van der Waals surface area contributed by atoms with Crippen molar-refractivity contribution in [2.24, 2.45) is 0 Å². The second-order valence-corrected chi connectivity index (χ2v) is 4.83. The van der Waals surface area contributed by atoms with Crippen LogP contribution in [0.1, 0.15) is 5.69 Å². The maximum absolute atomic E-state index is 14.0. The first-order valence-electron chi connectivity index (χ1n) is 6.65. The highest BCUT2D eigenvalue weighted by Crippen LogP contribution is 2.41.